The first-order chi connectivity index (χ1) is 21.4. The van der Waals surface area contributed by atoms with Gasteiger partial charge in [-0.05, 0) is 67.4 Å². The molecule has 11 nitrogen and oxygen atoms in total. The summed E-state index contributed by atoms with van der Waals surface area (Å²) >= 11 is 0. The first kappa shape index (κ1) is 34.0. The van der Waals surface area contributed by atoms with Gasteiger partial charge in [0.05, 0.1) is 26.8 Å². The predicted octanol–water partition coefficient (Wildman–Crippen LogP) is 5.86. The van der Waals surface area contributed by atoms with Crippen LogP contribution >= 0.6 is 0 Å². The maximum absolute atomic E-state index is 14.2. The summed E-state index contributed by atoms with van der Waals surface area (Å²) in [5.41, 5.74) is 6.12. The van der Waals surface area contributed by atoms with Gasteiger partial charge < -0.3 is 5.32 Å². The van der Waals surface area contributed by atoms with Crippen LogP contribution in [0.4, 0.5) is 40.8 Å². The van der Waals surface area contributed by atoms with E-state index in [9.17, 15) is 34.4 Å². The van der Waals surface area contributed by atoms with Gasteiger partial charge in [0.15, 0.2) is 31.3 Å². The molecule has 4 rings (SSSR count). The second-order valence-corrected chi connectivity index (χ2v) is 14.0. The maximum atomic E-state index is 14.2. The number of hydrazone groups is 2. The normalized spacial score (nSPS) is 13.0. The summed E-state index contributed by atoms with van der Waals surface area (Å²) in [6, 6.07) is 15.8. The minimum Gasteiger partial charge on any atom is -0.324 e. The number of nitrogens with zero attached hydrogens (tertiary/aromatic N) is 4. The lowest BCUT2D eigenvalue weighted by atomic mass is 10.1. The van der Waals surface area contributed by atoms with E-state index in [2.05, 4.69) is 36.3 Å². The Morgan fingerprint density at radius 1 is 0.696 bits per heavy atom. The molecular formula is C29H27F4N7O4S2. The summed E-state index contributed by atoms with van der Waals surface area (Å²) in [5.74, 6) is -1.44. The molecule has 0 unspecified atom stereocenters. The second kappa shape index (κ2) is 13.2. The fourth-order valence-electron chi connectivity index (χ4n) is 3.87. The molecule has 0 saturated carbocycles. The van der Waals surface area contributed by atoms with Crippen molar-refractivity contribution in [3.05, 3.63) is 95.3 Å². The zero-order valence-electron chi connectivity index (χ0n) is 24.7. The number of benzene rings is 3. The first-order valence-electron chi connectivity index (χ1n) is 13.1. The van der Waals surface area contributed by atoms with Crippen LogP contribution < -0.4 is 16.2 Å². The lowest BCUT2D eigenvalue weighted by Gasteiger charge is -2.12. The Hall–Kier alpha value is -4.90. The summed E-state index contributed by atoms with van der Waals surface area (Å²) in [5, 5.41) is 11.2. The number of alkyl halides is 3. The highest BCUT2D eigenvalue weighted by Crippen LogP contribution is 2.33. The molecule has 0 bridgehead atoms. The minimum absolute atomic E-state index is 0.0649. The third-order valence-electron chi connectivity index (χ3n) is 6.33. The van der Waals surface area contributed by atoms with Gasteiger partial charge in [0.2, 0.25) is 5.95 Å². The van der Waals surface area contributed by atoms with Gasteiger partial charge in [-0.3, -0.25) is 10.9 Å². The summed E-state index contributed by atoms with van der Waals surface area (Å²) in [6.07, 6.45) is -2.69. The van der Waals surface area contributed by atoms with Crippen molar-refractivity contribution in [3.8, 4) is 0 Å². The molecule has 242 valence electrons. The van der Waals surface area contributed by atoms with E-state index in [0.29, 0.717) is 34.7 Å². The van der Waals surface area contributed by atoms with Gasteiger partial charge in [-0.2, -0.15) is 33.3 Å². The number of hydrogen-bond donors (Lipinski definition) is 3. The van der Waals surface area contributed by atoms with E-state index in [0.717, 1.165) is 18.6 Å². The van der Waals surface area contributed by atoms with E-state index >= 15 is 0 Å². The molecule has 0 radical (unpaired) electrons. The van der Waals surface area contributed by atoms with Crippen molar-refractivity contribution in [2.24, 2.45) is 10.2 Å². The predicted molar refractivity (Wildman–Crippen MR) is 167 cm³/mol. The van der Waals surface area contributed by atoms with Crippen LogP contribution in [0, 0.1) is 5.82 Å². The highest BCUT2D eigenvalue weighted by molar-refractivity contribution is 7.91. The molecule has 0 spiro atoms. The van der Waals surface area contributed by atoms with Crippen molar-refractivity contribution >= 4 is 54.4 Å². The van der Waals surface area contributed by atoms with Gasteiger partial charge in [0.25, 0.3) is 0 Å². The molecule has 0 amide bonds. The van der Waals surface area contributed by atoms with Crippen LogP contribution in [0.3, 0.4) is 0 Å². The lowest BCUT2D eigenvalue weighted by molar-refractivity contribution is -0.139. The monoisotopic (exact) mass is 677 g/mol. The molecule has 0 aliphatic carbocycles. The van der Waals surface area contributed by atoms with Crippen molar-refractivity contribution in [2.45, 2.75) is 29.8 Å². The van der Waals surface area contributed by atoms with Crippen LogP contribution in [-0.2, 0) is 25.9 Å². The quantitative estimate of drug-likeness (QED) is 0.106. The van der Waals surface area contributed by atoms with Crippen molar-refractivity contribution in [3.63, 3.8) is 0 Å². The van der Waals surface area contributed by atoms with E-state index in [1.165, 1.54) is 30.3 Å². The number of nitrogens with one attached hydrogen (secondary N) is 3. The number of rotatable bonds is 10. The second-order valence-electron chi connectivity index (χ2n) is 9.99. The molecule has 46 heavy (non-hydrogen) atoms. The van der Waals surface area contributed by atoms with Crippen molar-refractivity contribution in [1.29, 1.82) is 0 Å². The van der Waals surface area contributed by atoms with Crippen molar-refractivity contribution < 1.29 is 34.4 Å². The third-order valence-corrected chi connectivity index (χ3v) is 8.59. The number of hydrogen-bond acceptors (Lipinski definition) is 11. The lowest BCUT2D eigenvalue weighted by Crippen LogP contribution is -2.09. The van der Waals surface area contributed by atoms with Crippen LogP contribution in [0.15, 0.2) is 92.8 Å². The fraction of sp³-hybridized carbons (Fsp3) is 0.172. The van der Waals surface area contributed by atoms with Crippen LogP contribution in [0.2, 0.25) is 0 Å². The van der Waals surface area contributed by atoms with Crippen LogP contribution in [0.1, 0.15) is 30.5 Å². The Morgan fingerprint density at radius 3 is 1.50 bits per heavy atom. The van der Waals surface area contributed by atoms with Crippen LogP contribution in [-0.4, -0.2) is 50.7 Å². The van der Waals surface area contributed by atoms with Crippen molar-refractivity contribution in [2.75, 3.05) is 28.7 Å². The number of anilines is 4. The highest BCUT2D eigenvalue weighted by Gasteiger charge is 2.34. The first-order valence-corrected chi connectivity index (χ1v) is 16.9. The molecular weight excluding hydrogens is 650 g/mol. The smallest absolute Gasteiger partial charge is 0.324 e. The average molecular weight is 678 g/mol. The van der Waals surface area contributed by atoms with Gasteiger partial charge in [0, 0.05) is 24.3 Å². The summed E-state index contributed by atoms with van der Waals surface area (Å²) < 4.78 is 100. The number of aromatic nitrogens is 2. The Kier molecular flexibility index (Phi) is 9.77. The highest BCUT2D eigenvalue weighted by atomic mass is 32.2. The molecule has 3 aromatic carbocycles. The maximum Gasteiger partial charge on any atom is 0.419 e. The molecule has 0 saturated heterocycles. The average Bonchev–Trinajstić information content (AvgIpc) is 2.97. The molecule has 0 atom stereocenters. The van der Waals surface area contributed by atoms with Crippen LogP contribution in [0.25, 0.3) is 0 Å². The fourth-order valence-corrected chi connectivity index (χ4v) is 5.13. The number of halogens is 4. The van der Waals surface area contributed by atoms with E-state index in [-0.39, 0.29) is 33.1 Å². The van der Waals surface area contributed by atoms with E-state index in [1.54, 1.807) is 38.1 Å². The molecule has 0 aliphatic heterocycles. The molecule has 0 aliphatic rings. The SMILES string of the molecule is CC(=NNc1cc(NN=C(C)c2ccc(S(C)(=O)=O)cc2)nc(Nc2ccc(C(F)(F)F)c(F)c2)n1)c1ccc(S(C)(=O)=O)cc1. The number of sulfone groups is 2. The molecule has 1 aromatic heterocycles. The Morgan fingerprint density at radius 2 is 1.13 bits per heavy atom. The zero-order valence-corrected chi connectivity index (χ0v) is 26.3. The van der Waals surface area contributed by atoms with Gasteiger partial charge in [-0.25, -0.2) is 21.2 Å². The summed E-state index contributed by atoms with van der Waals surface area (Å²) in [7, 11) is -6.77. The van der Waals surface area contributed by atoms with Crippen molar-refractivity contribution in [1.82, 2.24) is 9.97 Å². The third kappa shape index (κ3) is 8.85. The van der Waals surface area contributed by atoms with Gasteiger partial charge in [-0.1, -0.05) is 24.3 Å². The van der Waals surface area contributed by atoms with Gasteiger partial charge >= 0.3 is 6.18 Å². The molecule has 17 heteroatoms. The Labute approximate surface area is 262 Å². The largest absolute Gasteiger partial charge is 0.419 e. The van der Waals surface area contributed by atoms with Gasteiger partial charge in [0.1, 0.15) is 5.82 Å². The topological polar surface area (TPSA) is 155 Å². The van der Waals surface area contributed by atoms with Gasteiger partial charge in [-0.15, -0.1) is 0 Å². The van der Waals surface area contributed by atoms with E-state index in [4.69, 9.17) is 0 Å². The van der Waals surface area contributed by atoms with E-state index in [1.807, 2.05) is 0 Å². The Balaban J connectivity index is 1.63. The van der Waals surface area contributed by atoms with E-state index < -0.39 is 37.2 Å². The Bertz CT molecular complexity index is 1920. The molecule has 4 aromatic rings. The molecule has 3 N–H and O–H groups in total. The molecule has 0 fully saturated rings. The molecule has 1 heterocycles. The summed E-state index contributed by atoms with van der Waals surface area (Å²) in [6.45, 7) is 3.32. The minimum atomic E-state index is -4.87. The zero-order chi connectivity index (χ0) is 33.9. The summed E-state index contributed by atoms with van der Waals surface area (Å²) in [4.78, 5) is 8.78. The standard InChI is InChI=1S/C29H27F4N7O4S2/c1-17(19-5-10-22(11-6-19)45(3,41)42)37-39-26-16-27(40-38-18(2)20-7-12-23(13-8-20)46(4,43)44)36-28(35-26)34-21-9-14-24(25(30)15-21)29(31,32)33/h5-16H,1-4H3,(H3,34,35,36,39,40). The van der Waals surface area contributed by atoms with Crippen LogP contribution in [0.5, 0.6) is 0 Å².